The molecule has 0 saturated heterocycles. The van der Waals surface area contributed by atoms with Crippen LogP contribution < -0.4 is 0 Å². The molecule has 8 rings (SSSR count). The van der Waals surface area contributed by atoms with Crippen molar-refractivity contribution in [3.8, 4) is 22.3 Å². The third kappa shape index (κ3) is 8.41. The van der Waals surface area contributed by atoms with Crippen molar-refractivity contribution in [2.45, 2.75) is 33.6 Å². The van der Waals surface area contributed by atoms with E-state index in [-0.39, 0.29) is 14.9 Å². The predicted octanol–water partition coefficient (Wildman–Crippen LogP) is 14.7. The first kappa shape index (κ1) is 38.2. The number of halogens is 2. The van der Waals surface area contributed by atoms with Crippen LogP contribution in [0.5, 0.6) is 0 Å². The Bertz CT molecular complexity index is 2340. The molecule has 0 aromatic heterocycles. The monoisotopic (exact) mass is 756 g/mol. The van der Waals surface area contributed by atoms with Crippen LogP contribution in [0.25, 0.3) is 65.3 Å². The predicted molar refractivity (Wildman–Crippen MR) is 220 cm³/mol. The van der Waals surface area contributed by atoms with Crippen molar-refractivity contribution >= 4 is 64.3 Å². The summed E-state index contributed by atoms with van der Waals surface area (Å²) in [6, 6.07) is 50.8. The van der Waals surface area contributed by atoms with Gasteiger partial charge in [0.05, 0.1) is 0 Å². The van der Waals surface area contributed by atoms with Crippen LogP contribution >= 0.6 is 17.0 Å². The summed E-state index contributed by atoms with van der Waals surface area (Å²) in [5.74, 6) is 0.563. The molecule has 250 valence electrons. The van der Waals surface area contributed by atoms with E-state index >= 15 is 0 Å². The van der Waals surface area contributed by atoms with Crippen molar-refractivity contribution in [1.82, 2.24) is 0 Å². The second kappa shape index (κ2) is 16.9. The fourth-order valence-corrected chi connectivity index (χ4v) is 6.57. The Labute approximate surface area is 307 Å². The Hall–Kier alpha value is -3.61. The minimum absolute atomic E-state index is 0. The van der Waals surface area contributed by atoms with Crippen LogP contribution in [-0.4, -0.2) is 4.21 Å². The van der Waals surface area contributed by atoms with Crippen molar-refractivity contribution in [3.05, 3.63) is 171 Å². The first-order valence-electron chi connectivity index (χ1n) is 16.0. The number of benzene rings is 6. The number of hydrogen-bond donors (Lipinski definition) is 0. The topological polar surface area (TPSA) is 0 Å². The maximum atomic E-state index is 5.13. The molecule has 0 unspecified atom stereocenters. The molecule has 0 bridgehead atoms. The number of rotatable bonds is 3. The largest absolute Gasteiger partial charge is 0.358 e. The normalized spacial score (nSPS) is 10.6. The third-order valence-corrected chi connectivity index (χ3v) is 8.85. The van der Waals surface area contributed by atoms with Crippen molar-refractivity contribution in [2.75, 3.05) is 0 Å². The smallest absolute Gasteiger partial charge is 0.358 e. The van der Waals surface area contributed by atoms with E-state index < -0.39 is 18.9 Å². The minimum Gasteiger partial charge on any atom is -0.358 e. The van der Waals surface area contributed by atoms with Crippen LogP contribution in [0.1, 0.15) is 36.5 Å². The molecule has 3 heteroatoms. The first-order chi connectivity index (χ1) is 22.7. The molecule has 0 radical (unpaired) electrons. The summed E-state index contributed by atoms with van der Waals surface area (Å²) in [5.41, 5.74) is 9.42. The maximum Gasteiger partial charge on any atom is -0.358 e. The van der Waals surface area contributed by atoms with Crippen LogP contribution in [0.2, 0.25) is 0 Å². The molecule has 0 nitrogen and oxygen atoms in total. The van der Waals surface area contributed by atoms with Gasteiger partial charge in [-0.25, -0.2) is 0 Å². The summed E-state index contributed by atoms with van der Waals surface area (Å²) in [6.07, 6.45) is 0. The van der Waals surface area contributed by atoms with Crippen molar-refractivity contribution in [2.24, 2.45) is 0 Å². The zero-order valence-electron chi connectivity index (χ0n) is 29.3. The van der Waals surface area contributed by atoms with Gasteiger partial charge in [0.1, 0.15) is 0 Å². The molecule has 0 heterocycles. The van der Waals surface area contributed by atoms with Gasteiger partial charge in [-0.15, -0.1) is 68.6 Å². The Kier molecular flexibility index (Phi) is 13.2. The SMILES string of the molecule is CC(C)c1cc2c(-c3cccc4ccccc34)cccc2[cH-]1.Cc1cc2c(-c3cccc4ccccc34)ccc(C)c2[cH-]1.[CH2]=[Zr]([Cl])[Cl].[CH3-].[CH3-]. The summed E-state index contributed by atoms with van der Waals surface area (Å²) in [7, 11) is 10.3. The molecular weight excluding hydrogens is 715 g/mol. The van der Waals surface area contributed by atoms with E-state index in [4.69, 9.17) is 17.0 Å². The van der Waals surface area contributed by atoms with E-state index in [9.17, 15) is 0 Å². The van der Waals surface area contributed by atoms with Crippen LogP contribution in [0.3, 0.4) is 0 Å². The summed E-state index contributed by atoms with van der Waals surface area (Å²) in [5, 5.41) is 10.7. The molecule has 8 aromatic carbocycles. The van der Waals surface area contributed by atoms with Gasteiger partial charge >= 0.3 is 40.1 Å². The molecule has 0 saturated carbocycles. The number of hydrogen-bond acceptors (Lipinski definition) is 0. The Morgan fingerprint density at radius 2 is 1.02 bits per heavy atom. The first-order valence-corrected chi connectivity index (χ1v) is 24.1. The second-order valence-corrected chi connectivity index (χ2v) is 20.6. The van der Waals surface area contributed by atoms with E-state index in [1.54, 1.807) is 0 Å². The fourth-order valence-electron chi connectivity index (χ4n) is 6.57. The Balaban J connectivity index is 0.000000192. The number of fused-ring (bicyclic) bond motifs is 4. The maximum absolute atomic E-state index is 5.13. The van der Waals surface area contributed by atoms with Crippen LogP contribution in [0, 0.1) is 28.7 Å². The average molecular weight is 759 g/mol. The van der Waals surface area contributed by atoms with Crippen molar-refractivity contribution < 1.29 is 18.9 Å². The van der Waals surface area contributed by atoms with Gasteiger partial charge in [0, 0.05) is 0 Å². The molecule has 49 heavy (non-hydrogen) atoms. The van der Waals surface area contributed by atoms with Gasteiger partial charge in [0.15, 0.2) is 0 Å². The van der Waals surface area contributed by atoms with Crippen LogP contribution in [0.4, 0.5) is 0 Å². The van der Waals surface area contributed by atoms with Crippen molar-refractivity contribution in [1.29, 1.82) is 0 Å². The molecule has 0 aliphatic carbocycles. The molecule has 0 spiro atoms. The molecule has 0 fully saturated rings. The zero-order valence-corrected chi connectivity index (χ0v) is 33.3. The molecule has 0 amide bonds. The molecule has 0 atom stereocenters. The van der Waals surface area contributed by atoms with E-state index in [1.807, 2.05) is 0 Å². The molecule has 0 aliphatic heterocycles. The summed E-state index contributed by atoms with van der Waals surface area (Å²) in [4.78, 5) is 0. The van der Waals surface area contributed by atoms with Gasteiger partial charge in [0.2, 0.25) is 0 Å². The average Bonchev–Trinajstić information content (AvgIpc) is 3.69. The van der Waals surface area contributed by atoms with Gasteiger partial charge in [-0.1, -0.05) is 136 Å². The molecule has 8 aromatic rings. The minimum atomic E-state index is -1.85. The van der Waals surface area contributed by atoms with Gasteiger partial charge in [-0.3, -0.25) is 0 Å². The summed E-state index contributed by atoms with van der Waals surface area (Å²) < 4.78 is 3.37. The number of aryl methyl sites for hydroxylation is 2. The van der Waals surface area contributed by atoms with E-state index in [0.29, 0.717) is 5.92 Å². The molecule has 0 aliphatic rings. The van der Waals surface area contributed by atoms with E-state index in [1.165, 1.54) is 82.0 Å². The second-order valence-electron chi connectivity index (χ2n) is 12.4. The summed E-state index contributed by atoms with van der Waals surface area (Å²) >= 11 is -1.85. The quantitative estimate of drug-likeness (QED) is 0.157. The summed E-state index contributed by atoms with van der Waals surface area (Å²) in [6.45, 7) is 8.87. The molecular formula is C46H44Cl2Zr-4. The third-order valence-electron chi connectivity index (χ3n) is 8.85. The van der Waals surface area contributed by atoms with Gasteiger partial charge in [0.25, 0.3) is 0 Å². The van der Waals surface area contributed by atoms with Crippen LogP contribution in [-0.2, 0) is 18.9 Å². The Morgan fingerprint density at radius 1 is 0.551 bits per heavy atom. The zero-order chi connectivity index (χ0) is 33.1. The van der Waals surface area contributed by atoms with Crippen molar-refractivity contribution in [3.63, 3.8) is 0 Å². The Morgan fingerprint density at radius 3 is 1.57 bits per heavy atom. The molecule has 0 N–H and O–H groups in total. The van der Waals surface area contributed by atoms with E-state index in [0.717, 1.165) is 0 Å². The van der Waals surface area contributed by atoms with Crippen LogP contribution in [0.15, 0.2) is 140 Å². The van der Waals surface area contributed by atoms with E-state index in [2.05, 4.69) is 171 Å². The fraction of sp³-hybridized carbons (Fsp3) is 0.109. The van der Waals surface area contributed by atoms with Gasteiger partial charge in [-0.2, -0.15) is 12.1 Å². The van der Waals surface area contributed by atoms with Gasteiger partial charge in [-0.05, 0) is 38.6 Å². The standard InChI is InChI=1S/C22H19.C21H17.2CH3.CH2.2ClH.Zr/c1-15(2)18-13-17-9-6-12-21(22(17)14-18)20-11-5-8-16-7-3-4-10-19(16)20;1-14-12-20-15(2)10-11-19(21(20)13-14)18-9-5-7-16-6-3-4-8-17(16)18;;;;;;/h3-15H,1-2H3;3-13H,1-2H3;2*1H3;1H2;2*1H;/q4*-1;;;;+2/p-2. The van der Waals surface area contributed by atoms with Gasteiger partial charge < -0.3 is 14.9 Å².